The van der Waals surface area contributed by atoms with Crippen LogP contribution in [0.25, 0.3) is 11.0 Å². The molecule has 0 saturated carbocycles. The van der Waals surface area contributed by atoms with Crippen molar-refractivity contribution in [3.63, 3.8) is 0 Å². The second-order valence-electron chi connectivity index (χ2n) is 2.97. The molecule has 0 amide bonds. The minimum absolute atomic E-state index is 0.445. The van der Waals surface area contributed by atoms with Gasteiger partial charge in [0, 0.05) is 11.8 Å². The normalized spacial score (nSPS) is 10.5. The highest BCUT2D eigenvalue weighted by atomic mass is 16.5. The molecule has 0 radical (unpaired) electrons. The summed E-state index contributed by atoms with van der Waals surface area (Å²) in [6.45, 7) is 1.89. The van der Waals surface area contributed by atoms with E-state index in [1.54, 1.807) is 0 Å². The van der Waals surface area contributed by atoms with Gasteiger partial charge in [0.05, 0.1) is 5.69 Å². The number of aromatic nitrogens is 1. The standard InChI is InChI=1S/C10H9NO2/c1-7-9-6-8(4-5-12)2-3-10(9)13-11-7/h2-3,5-6H,4H2,1H3. The first-order valence-electron chi connectivity index (χ1n) is 4.10. The first-order valence-corrected chi connectivity index (χ1v) is 4.10. The second-order valence-corrected chi connectivity index (χ2v) is 2.97. The molecule has 3 heteroatoms. The minimum atomic E-state index is 0.445. The molecule has 0 atom stereocenters. The quantitative estimate of drug-likeness (QED) is 0.654. The Bertz CT molecular complexity index is 445. The average Bonchev–Trinajstić information content (AvgIpc) is 2.49. The smallest absolute Gasteiger partial charge is 0.167 e. The van der Waals surface area contributed by atoms with Crippen LogP contribution in [-0.2, 0) is 11.2 Å². The van der Waals surface area contributed by atoms with Crippen LogP contribution in [-0.4, -0.2) is 11.4 Å². The molecule has 0 aliphatic rings. The molecule has 2 aromatic rings. The van der Waals surface area contributed by atoms with Gasteiger partial charge in [-0.15, -0.1) is 0 Å². The van der Waals surface area contributed by atoms with Crippen LogP contribution in [0.3, 0.4) is 0 Å². The van der Waals surface area contributed by atoms with Crippen molar-refractivity contribution >= 4 is 17.3 Å². The molecule has 0 saturated heterocycles. The number of rotatable bonds is 2. The van der Waals surface area contributed by atoms with Gasteiger partial charge >= 0.3 is 0 Å². The van der Waals surface area contributed by atoms with Crippen molar-refractivity contribution in [1.82, 2.24) is 5.16 Å². The number of nitrogens with zero attached hydrogens (tertiary/aromatic N) is 1. The molecule has 1 heterocycles. The average molecular weight is 175 g/mol. The second kappa shape index (κ2) is 3.01. The zero-order chi connectivity index (χ0) is 9.26. The molecule has 0 aliphatic carbocycles. The van der Waals surface area contributed by atoms with E-state index in [-0.39, 0.29) is 0 Å². The van der Waals surface area contributed by atoms with Crippen LogP contribution >= 0.6 is 0 Å². The van der Waals surface area contributed by atoms with E-state index < -0.39 is 0 Å². The summed E-state index contributed by atoms with van der Waals surface area (Å²) in [5, 5.41) is 4.82. The maximum atomic E-state index is 10.3. The van der Waals surface area contributed by atoms with Gasteiger partial charge in [-0.05, 0) is 24.6 Å². The number of carbonyl (C=O) groups is 1. The number of fused-ring (bicyclic) bond motifs is 1. The third kappa shape index (κ3) is 1.33. The summed E-state index contributed by atoms with van der Waals surface area (Å²) in [5.41, 5.74) is 2.63. The van der Waals surface area contributed by atoms with E-state index in [0.29, 0.717) is 6.42 Å². The Balaban J connectivity index is 2.58. The van der Waals surface area contributed by atoms with E-state index in [1.165, 1.54) is 0 Å². The third-order valence-corrected chi connectivity index (χ3v) is 2.03. The molecule has 0 spiro atoms. The molecule has 3 nitrogen and oxygen atoms in total. The van der Waals surface area contributed by atoms with Crippen molar-refractivity contribution in [3.8, 4) is 0 Å². The Labute approximate surface area is 75.3 Å². The molecular formula is C10H9NO2. The topological polar surface area (TPSA) is 43.1 Å². The van der Waals surface area contributed by atoms with Crippen LogP contribution < -0.4 is 0 Å². The summed E-state index contributed by atoms with van der Waals surface area (Å²) in [6, 6.07) is 5.66. The molecule has 0 N–H and O–H groups in total. The van der Waals surface area contributed by atoms with Crippen molar-refractivity contribution in [2.45, 2.75) is 13.3 Å². The van der Waals surface area contributed by atoms with Crippen molar-refractivity contribution in [1.29, 1.82) is 0 Å². The van der Waals surface area contributed by atoms with Crippen LogP contribution in [0.1, 0.15) is 11.3 Å². The number of aryl methyl sites for hydroxylation is 1. The Morgan fingerprint density at radius 2 is 2.38 bits per heavy atom. The van der Waals surface area contributed by atoms with E-state index >= 15 is 0 Å². The minimum Gasteiger partial charge on any atom is -0.356 e. The van der Waals surface area contributed by atoms with Crippen LogP contribution in [0.2, 0.25) is 0 Å². The molecule has 0 unspecified atom stereocenters. The maximum Gasteiger partial charge on any atom is 0.167 e. The zero-order valence-electron chi connectivity index (χ0n) is 7.28. The maximum absolute atomic E-state index is 10.3. The molecular weight excluding hydrogens is 166 g/mol. The Morgan fingerprint density at radius 1 is 1.54 bits per heavy atom. The third-order valence-electron chi connectivity index (χ3n) is 2.03. The lowest BCUT2D eigenvalue weighted by Gasteiger charge is -1.93. The SMILES string of the molecule is Cc1noc2ccc(CC=O)cc12. The summed E-state index contributed by atoms with van der Waals surface area (Å²) in [6.07, 6.45) is 1.34. The summed E-state index contributed by atoms with van der Waals surface area (Å²) >= 11 is 0. The molecule has 13 heavy (non-hydrogen) atoms. The van der Waals surface area contributed by atoms with Crippen LogP contribution in [0.15, 0.2) is 22.7 Å². The van der Waals surface area contributed by atoms with Gasteiger partial charge in [-0.3, -0.25) is 0 Å². The molecule has 2 rings (SSSR count). The summed E-state index contributed by atoms with van der Waals surface area (Å²) in [5.74, 6) is 0. The van der Waals surface area contributed by atoms with Crippen molar-refractivity contribution in [2.24, 2.45) is 0 Å². The predicted molar refractivity (Wildman–Crippen MR) is 48.5 cm³/mol. The largest absolute Gasteiger partial charge is 0.356 e. The van der Waals surface area contributed by atoms with E-state index in [0.717, 1.165) is 28.5 Å². The van der Waals surface area contributed by atoms with E-state index in [1.807, 2.05) is 25.1 Å². The molecule has 1 aromatic carbocycles. The van der Waals surface area contributed by atoms with Crippen molar-refractivity contribution in [2.75, 3.05) is 0 Å². The molecule has 0 fully saturated rings. The fraction of sp³-hybridized carbons (Fsp3) is 0.200. The number of carbonyl (C=O) groups excluding carboxylic acids is 1. The van der Waals surface area contributed by atoms with Crippen molar-refractivity contribution < 1.29 is 9.32 Å². The van der Waals surface area contributed by atoms with Gasteiger partial charge in [-0.1, -0.05) is 11.2 Å². The van der Waals surface area contributed by atoms with Gasteiger partial charge in [-0.2, -0.15) is 0 Å². The van der Waals surface area contributed by atoms with Gasteiger partial charge in [0.2, 0.25) is 0 Å². The number of benzene rings is 1. The Hall–Kier alpha value is -1.64. The summed E-state index contributed by atoms with van der Waals surface area (Å²) < 4.78 is 5.04. The van der Waals surface area contributed by atoms with Crippen LogP contribution in [0.4, 0.5) is 0 Å². The van der Waals surface area contributed by atoms with E-state index in [9.17, 15) is 4.79 Å². The van der Waals surface area contributed by atoms with Crippen molar-refractivity contribution in [3.05, 3.63) is 29.5 Å². The monoisotopic (exact) mass is 175 g/mol. The Morgan fingerprint density at radius 3 is 3.15 bits per heavy atom. The molecule has 66 valence electrons. The van der Waals surface area contributed by atoms with E-state index in [2.05, 4.69) is 5.16 Å². The van der Waals surface area contributed by atoms with Gasteiger partial charge in [0.1, 0.15) is 6.29 Å². The molecule has 0 bridgehead atoms. The predicted octanol–water partition coefficient (Wildman–Crippen LogP) is 1.88. The highest BCUT2D eigenvalue weighted by Crippen LogP contribution is 2.19. The fourth-order valence-electron chi connectivity index (χ4n) is 1.33. The fourth-order valence-corrected chi connectivity index (χ4v) is 1.33. The number of aldehydes is 1. The van der Waals surface area contributed by atoms with Gasteiger partial charge in [0.25, 0.3) is 0 Å². The highest BCUT2D eigenvalue weighted by Gasteiger charge is 2.03. The lowest BCUT2D eigenvalue weighted by Crippen LogP contribution is -1.84. The summed E-state index contributed by atoms with van der Waals surface area (Å²) in [4.78, 5) is 10.3. The highest BCUT2D eigenvalue weighted by molar-refractivity contribution is 5.80. The van der Waals surface area contributed by atoms with E-state index in [4.69, 9.17) is 4.52 Å². The Kier molecular flexibility index (Phi) is 1.85. The zero-order valence-corrected chi connectivity index (χ0v) is 7.28. The van der Waals surface area contributed by atoms with Gasteiger partial charge in [0.15, 0.2) is 5.58 Å². The van der Waals surface area contributed by atoms with Gasteiger partial charge in [-0.25, -0.2) is 0 Å². The summed E-state index contributed by atoms with van der Waals surface area (Å²) in [7, 11) is 0. The first kappa shape index (κ1) is 7.98. The molecule has 0 aliphatic heterocycles. The number of hydrogen-bond donors (Lipinski definition) is 0. The number of hydrogen-bond acceptors (Lipinski definition) is 3. The lowest BCUT2D eigenvalue weighted by atomic mass is 10.1. The molecule has 1 aromatic heterocycles. The lowest BCUT2D eigenvalue weighted by molar-refractivity contribution is -0.107. The van der Waals surface area contributed by atoms with Crippen LogP contribution in [0.5, 0.6) is 0 Å². The first-order chi connectivity index (χ1) is 6.31. The van der Waals surface area contributed by atoms with Crippen LogP contribution in [0, 0.1) is 6.92 Å². The van der Waals surface area contributed by atoms with Gasteiger partial charge < -0.3 is 9.32 Å².